The number of nitrogens with one attached hydrogen (secondary N) is 2. The highest BCUT2D eigenvalue weighted by molar-refractivity contribution is 5.94. The quantitative estimate of drug-likeness (QED) is 0.776. The molecule has 1 amide bonds. The van der Waals surface area contributed by atoms with Crippen molar-refractivity contribution < 1.29 is 4.79 Å². The van der Waals surface area contributed by atoms with Crippen LogP contribution in [0.2, 0.25) is 0 Å². The summed E-state index contributed by atoms with van der Waals surface area (Å²) in [7, 11) is 1.94. The number of rotatable bonds is 6. The standard InChI is InChI=1S/C15H21N5O/c1-11-4-6-13(7-5-11)15(21)17-9-8-16-10-14-19-18-12(2)20(14)3/h4-7,16H,8-10H2,1-3H3,(H,17,21). The van der Waals surface area contributed by atoms with Crippen molar-refractivity contribution in [2.45, 2.75) is 20.4 Å². The topological polar surface area (TPSA) is 71.8 Å². The Balaban J connectivity index is 1.69. The highest BCUT2D eigenvalue weighted by atomic mass is 16.1. The summed E-state index contributed by atoms with van der Waals surface area (Å²) in [4.78, 5) is 11.9. The van der Waals surface area contributed by atoms with Gasteiger partial charge < -0.3 is 15.2 Å². The van der Waals surface area contributed by atoms with Crippen molar-refractivity contribution in [1.29, 1.82) is 0 Å². The van der Waals surface area contributed by atoms with Crippen molar-refractivity contribution in [1.82, 2.24) is 25.4 Å². The highest BCUT2D eigenvalue weighted by Gasteiger charge is 2.05. The van der Waals surface area contributed by atoms with Gasteiger partial charge in [0.15, 0.2) is 0 Å². The zero-order valence-corrected chi connectivity index (χ0v) is 12.7. The summed E-state index contributed by atoms with van der Waals surface area (Å²) in [6.07, 6.45) is 0. The van der Waals surface area contributed by atoms with Gasteiger partial charge >= 0.3 is 0 Å². The molecule has 6 nitrogen and oxygen atoms in total. The van der Waals surface area contributed by atoms with Crippen LogP contribution in [0.15, 0.2) is 24.3 Å². The Labute approximate surface area is 124 Å². The van der Waals surface area contributed by atoms with Crippen LogP contribution in [0.1, 0.15) is 27.6 Å². The number of amides is 1. The second-order valence-corrected chi connectivity index (χ2v) is 5.02. The van der Waals surface area contributed by atoms with Crippen LogP contribution in [-0.2, 0) is 13.6 Å². The van der Waals surface area contributed by atoms with E-state index in [1.165, 1.54) is 0 Å². The lowest BCUT2D eigenvalue weighted by atomic mass is 10.1. The summed E-state index contributed by atoms with van der Waals surface area (Å²) >= 11 is 0. The second-order valence-electron chi connectivity index (χ2n) is 5.02. The van der Waals surface area contributed by atoms with Gasteiger partial charge in [0, 0.05) is 25.7 Å². The summed E-state index contributed by atoms with van der Waals surface area (Å²) in [5, 5.41) is 14.2. The number of hydrogen-bond acceptors (Lipinski definition) is 4. The maximum atomic E-state index is 11.9. The Morgan fingerprint density at radius 3 is 2.48 bits per heavy atom. The Morgan fingerprint density at radius 2 is 1.86 bits per heavy atom. The van der Waals surface area contributed by atoms with Crippen molar-refractivity contribution in [3.05, 3.63) is 47.0 Å². The smallest absolute Gasteiger partial charge is 0.251 e. The molecule has 0 radical (unpaired) electrons. The number of carbonyl (C=O) groups excluding carboxylic acids is 1. The maximum Gasteiger partial charge on any atom is 0.251 e. The van der Waals surface area contributed by atoms with E-state index in [-0.39, 0.29) is 5.91 Å². The van der Waals surface area contributed by atoms with Gasteiger partial charge in [-0.1, -0.05) is 17.7 Å². The number of hydrogen-bond donors (Lipinski definition) is 2. The Hall–Kier alpha value is -2.21. The predicted molar refractivity (Wildman–Crippen MR) is 81.0 cm³/mol. The van der Waals surface area contributed by atoms with Crippen LogP contribution in [0, 0.1) is 13.8 Å². The van der Waals surface area contributed by atoms with Crippen LogP contribution in [0.25, 0.3) is 0 Å². The van der Waals surface area contributed by atoms with E-state index in [4.69, 9.17) is 0 Å². The molecule has 0 fully saturated rings. The van der Waals surface area contributed by atoms with Gasteiger partial charge in [-0.2, -0.15) is 0 Å². The minimum Gasteiger partial charge on any atom is -0.351 e. The molecule has 1 aromatic heterocycles. The number of nitrogens with zero attached hydrogens (tertiary/aromatic N) is 3. The number of benzene rings is 1. The first kappa shape index (κ1) is 15.2. The van der Waals surface area contributed by atoms with Crippen LogP contribution in [-0.4, -0.2) is 33.8 Å². The minimum absolute atomic E-state index is 0.0497. The molecule has 112 valence electrons. The average molecular weight is 287 g/mol. The number of aryl methyl sites for hydroxylation is 2. The van der Waals surface area contributed by atoms with Gasteiger partial charge in [-0.3, -0.25) is 4.79 Å². The molecule has 21 heavy (non-hydrogen) atoms. The fraction of sp³-hybridized carbons (Fsp3) is 0.400. The van der Waals surface area contributed by atoms with Crippen molar-refractivity contribution in [2.24, 2.45) is 7.05 Å². The third-order valence-corrected chi connectivity index (χ3v) is 3.37. The van der Waals surface area contributed by atoms with E-state index in [0.29, 0.717) is 25.2 Å². The van der Waals surface area contributed by atoms with Gasteiger partial charge in [-0.15, -0.1) is 10.2 Å². The summed E-state index contributed by atoms with van der Waals surface area (Å²) < 4.78 is 1.94. The van der Waals surface area contributed by atoms with Crippen molar-refractivity contribution in [2.75, 3.05) is 13.1 Å². The first-order valence-electron chi connectivity index (χ1n) is 6.98. The molecule has 1 aromatic carbocycles. The molecule has 0 saturated heterocycles. The molecule has 0 spiro atoms. The second kappa shape index (κ2) is 6.99. The molecule has 2 rings (SSSR count). The number of aromatic nitrogens is 3. The van der Waals surface area contributed by atoms with Crippen molar-refractivity contribution in [3.63, 3.8) is 0 Å². The van der Waals surface area contributed by atoms with Gasteiger partial charge in [0.25, 0.3) is 5.91 Å². The summed E-state index contributed by atoms with van der Waals surface area (Å²) in [6.45, 7) is 5.81. The molecule has 2 aromatic rings. The molecule has 0 aliphatic carbocycles. The van der Waals surface area contributed by atoms with Crippen LogP contribution in [0.5, 0.6) is 0 Å². The van der Waals surface area contributed by atoms with Gasteiger partial charge in [-0.05, 0) is 26.0 Å². The fourth-order valence-electron chi connectivity index (χ4n) is 1.88. The highest BCUT2D eigenvalue weighted by Crippen LogP contribution is 2.02. The summed E-state index contributed by atoms with van der Waals surface area (Å²) in [6, 6.07) is 7.54. The Morgan fingerprint density at radius 1 is 1.14 bits per heavy atom. The molecule has 0 bridgehead atoms. The largest absolute Gasteiger partial charge is 0.351 e. The molecule has 0 saturated carbocycles. The molecule has 0 aliphatic rings. The molecule has 0 atom stereocenters. The van der Waals surface area contributed by atoms with E-state index >= 15 is 0 Å². The lowest BCUT2D eigenvalue weighted by molar-refractivity contribution is 0.0954. The minimum atomic E-state index is -0.0497. The van der Waals surface area contributed by atoms with Crippen LogP contribution < -0.4 is 10.6 Å². The zero-order valence-electron chi connectivity index (χ0n) is 12.7. The fourth-order valence-corrected chi connectivity index (χ4v) is 1.88. The lowest BCUT2D eigenvalue weighted by Crippen LogP contribution is -2.32. The van der Waals surface area contributed by atoms with E-state index in [9.17, 15) is 4.79 Å². The normalized spacial score (nSPS) is 10.6. The average Bonchev–Trinajstić information content (AvgIpc) is 2.79. The predicted octanol–water partition coefficient (Wildman–Crippen LogP) is 0.952. The van der Waals surface area contributed by atoms with E-state index in [0.717, 1.165) is 17.2 Å². The molecule has 0 unspecified atom stereocenters. The monoisotopic (exact) mass is 287 g/mol. The van der Waals surface area contributed by atoms with E-state index < -0.39 is 0 Å². The molecule has 6 heteroatoms. The van der Waals surface area contributed by atoms with E-state index in [2.05, 4.69) is 20.8 Å². The van der Waals surface area contributed by atoms with Crippen LogP contribution in [0.4, 0.5) is 0 Å². The van der Waals surface area contributed by atoms with E-state index in [1.54, 1.807) is 0 Å². The first-order valence-corrected chi connectivity index (χ1v) is 6.98. The van der Waals surface area contributed by atoms with Gasteiger partial charge in [-0.25, -0.2) is 0 Å². The summed E-state index contributed by atoms with van der Waals surface area (Å²) in [5.74, 6) is 1.73. The Bertz CT molecular complexity index is 603. The molecular weight excluding hydrogens is 266 g/mol. The van der Waals surface area contributed by atoms with Crippen molar-refractivity contribution >= 4 is 5.91 Å². The van der Waals surface area contributed by atoms with Gasteiger partial charge in [0.2, 0.25) is 0 Å². The van der Waals surface area contributed by atoms with Crippen molar-refractivity contribution in [3.8, 4) is 0 Å². The molecule has 2 N–H and O–H groups in total. The molecule has 1 heterocycles. The van der Waals surface area contributed by atoms with Gasteiger partial charge in [0.05, 0.1) is 6.54 Å². The third-order valence-electron chi connectivity index (χ3n) is 3.37. The summed E-state index contributed by atoms with van der Waals surface area (Å²) in [5.41, 5.74) is 1.83. The van der Waals surface area contributed by atoms with Crippen LogP contribution in [0.3, 0.4) is 0 Å². The SMILES string of the molecule is Cc1ccc(C(=O)NCCNCc2nnc(C)n2C)cc1. The number of carbonyl (C=O) groups is 1. The lowest BCUT2D eigenvalue weighted by Gasteiger charge is -2.07. The van der Waals surface area contributed by atoms with Gasteiger partial charge in [0.1, 0.15) is 11.6 Å². The molecule has 0 aliphatic heterocycles. The third kappa shape index (κ3) is 4.13. The molecular formula is C15H21N5O. The van der Waals surface area contributed by atoms with E-state index in [1.807, 2.05) is 49.7 Å². The Kier molecular flexibility index (Phi) is 5.05. The zero-order chi connectivity index (χ0) is 15.2. The maximum absolute atomic E-state index is 11.9. The van der Waals surface area contributed by atoms with Crippen LogP contribution >= 0.6 is 0 Å². The first-order chi connectivity index (χ1) is 10.1.